The van der Waals surface area contributed by atoms with Gasteiger partial charge in [0.1, 0.15) is 0 Å². The summed E-state index contributed by atoms with van der Waals surface area (Å²) in [5, 5.41) is 0. The van der Waals surface area contributed by atoms with Gasteiger partial charge >= 0.3 is 18.9 Å². The normalized spacial score (nSPS) is 11.8. The molecule has 0 aliphatic heterocycles. The van der Waals surface area contributed by atoms with E-state index in [1.54, 1.807) is 25.1 Å². The van der Waals surface area contributed by atoms with Crippen LogP contribution in [0.3, 0.4) is 0 Å². The van der Waals surface area contributed by atoms with Crippen LogP contribution in [0.25, 0.3) is 0 Å². The van der Waals surface area contributed by atoms with E-state index in [2.05, 4.69) is 0 Å². The van der Waals surface area contributed by atoms with Gasteiger partial charge in [-0.3, -0.25) is 4.21 Å². The molecule has 0 radical (unpaired) electrons. The Balaban J connectivity index is 0.000001000. The van der Waals surface area contributed by atoms with Gasteiger partial charge in [0.15, 0.2) is 0 Å². The number of aryl methyl sites for hydroxylation is 1. The topological polar surface area (TPSA) is 40.1 Å². The minimum atomic E-state index is -2.09. The summed E-state index contributed by atoms with van der Waals surface area (Å²) >= 11 is -2.09. The number of rotatable bonds is 1. The molecule has 0 N–H and O–H groups in total. The molecule has 1 rings (SSSR count). The summed E-state index contributed by atoms with van der Waals surface area (Å²) in [7, 11) is 0. The fourth-order valence-electron chi connectivity index (χ4n) is 0.743. The van der Waals surface area contributed by atoms with Crippen molar-refractivity contribution in [2.45, 2.75) is 11.8 Å². The van der Waals surface area contributed by atoms with Gasteiger partial charge in [0.05, 0.1) is 0 Å². The first-order valence-corrected chi connectivity index (χ1v) is 3.94. The molecule has 1 atom stereocenters. The van der Waals surface area contributed by atoms with Gasteiger partial charge in [-0.25, -0.2) is 0 Å². The quantitative estimate of drug-likeness (QED) is 0.362. The second-order valence-corrected chi connectivity index (χ2v) is 2.91. The molecule has 0 aromatic heterocycles. The van der Waals surface area contributed by atoms with Crippen molar-refractivity contribution in [3.63, 3.8) is 0 Å². The standard InChI is InChI=1S/C7H8O2S.Li/c1-6-4-2-3-5-7(6)10(8)9;/h2-5H,1H3,(H,8,9);/q;+1/p-1. The summed E-state index contributed by atoms with van der Waals surface area (Å²) in [6, 6.07) is 6.87. The van der Waals surface area contributed by atoms with E-state index in [-0.39, 0.29) is 18.9 Å². The molecule has 0 fully saturated rings. The maximum Gasteiger partial charge on any atom is 1.00 e. The van der Waals surface area contributed by atoms with Crippen LogP contribution in [0, 0.1) is 6.92 Å². The third-order valence-corrected chi connectivity index (χ3v) is 2.09. The van der Waals surface area contributed by atoms with Crippen molar-refractivity contribution in [3.05, 3.63) is 29.8 Å². The molecule has 0 amide bonds. The van der Waals surface area contributed by atoms with Crippen molar-refractivity contribution in [1.82, 2.24) is 0 Å². The van der Waals surface area contributed by atoms with Gasteiger partial charge in [-0.1, -0.05) is 18.2 Å². The van der Waals surface area contributed by atoms with Crippen LogP contribution in [0.1, 0.15) is 5.56 Å². The predicted molar refractivity (Wildman–Crippen MR) is 38.4 cm³/mol. The monoisotopic (exact) mass is 162 g/mol. The summed E-state index contributed by atoms with van der Waals surface area (Å²) in [5.74, 6) is 0. The summed E-state index contributed by atoms with van der Waals surface area (Å²) in [4.78, 5) is 0.377. The van der Waals surface area contributed by atoms with Crippen molar-refractivity contribution in [2.75, 3.05) is 0 Å². The van der Waals surface area contributed by atoms with Crippen molar-refractivity contribution < 1.29 is 27.6 Å². The van der Waals surface area contributed by atoms with E-state index in [9.17, 15) is 8.76 Å². The molecule has 1 aromatic carbocycles. The molecule has 0 spiro atoms. The predicted octanol–water partition coefficient (Wildman–Crippen LogP) is -1.76. The molecule has 0 heterocycles. The van der Waals surface area contributed by atoms with Crippen molar-refractivity contribution in [2.24, 2.45) is 0 Å². The Hall–Kier alpha value is -0.0726. The van der Waals surface area contributed by atoms with Gasteiger partial charge in [-0.15, -0.1) is 0 Å². The molecule has 0 saturated carbocycles. The molecule has 2 nitrogen and oxygen atoms in total. The van der Waals surface area contributed by atoms with Gasteiger partial charge in [-0.05, 0) is 29.6 Å². The minimum absolute atomic E-state index is 0. The number of benzene rings is 1. The molecular weight excluding hydrogens is 155 g/mol. The number of hydrogen-bond donors (Lipinski definition) is 0. The van der Waals surface area contributed by atoms with E-state index in [0.717, 1.165) is 5.56 Å². The summed E-state index contributed by atoms with van der Waals surface area (Å²) in [6.45, 7) is 1.77. The zero-order valence-electron chi connectivity index (χ0n) is 6.53. The SMILES string of the molecule is Cc1ccccc1S(=O)[O-].[Li+]. The van der Waals surface area contributed by atoms with Gasteiger partial charge in [0, 0.05) is 4.90 Å². The third kappa shape index (κ3) is 2.80. The summed E-state index contributed by atoms with van der Waals surface area (Å²) in [6.07, 6.45) is 0. The van der Waals surface area contributed by atoms with Crippen LogP contribution in [0.4, 0.5) is 0 Å². The molecule has 0 bridgehead atoms. The van der Waals surface area contributed by atoms with Crippen LogP contribution in [0.5, 0.6) is 0 Å². The van der Waals surface area contributed by atoms with Crippen LogP contribution in [0.15, 0.2) is 29.2 Å². The van der Waals surface area contributed by atoms with Crippen LogP contribution < -0.4 is 18.9 Å². The summed E-state index contributed by atoms with van der Waals surface area (Å²) < 4.78 is 20.8. The van der Waals surface area contributed by atoms with Crippen LogP contribution >= 0.6 is 0 Å². The molecule has 1 aromatic rings. The van der Waals surface area contributed by atoms with E-state index in [1.807, 2.05) is 6.07 Å². The first-order chi connectivity index (χ1) is 4.72. The van der Waals surface area contributed by atoms with Gasteiger partial charge in [0.2, 0.25) is 0 Å². The zero-order chi connectivity index (χ0) is 7.56. The Morgan fingerprint density at radius 1 is 1.36 bits per heavy atom. The molecule has 0 aliphatic rings. The molecule has 0 saturated heterocycles. The summed E-state index contributed by atoms with van der Waals surface area (Å²) in [5.41, 5.74) is 0.788. The fraction of sp³-hybridized carbons (Fsp3) is 0.143. The smallest absolute Gasteiger partial charge is 0.768 e. The molecule has 0 aliphatic carbocycles. The van der Waals surface area contributed by atoms with Crippen LogP contribution in [-0.2, 0) is 11.1 Å². The number of hydrogen-bond acceptors (Lipinski definition) is 2. The maximum atomic E-state index is 10.4. The van der Waals surface area contributed by atoms with E-state index < -0.39 is 11.1 Å². The Morgan fingerprint density at radius 2 is 1.91 bits per heavy atom. The van der Waals surface area contributed by atoms with Crippen molar-refractivity contribution in [1.29, 1.82) is 0 Å². The Morgan fingerprint density at radius 3 is 2.27 bits per heavy atom. The molecule has 4 heteroatoms. The Labute approximate surface area is 80.5 Å². The average molecular weight is 162 g/mol. The molecule has 11 heavy (non-hydrogen) atoms. The molecule has 54 valence electrons. The largest absolute Gasteiger partial charge is 1.00 e. The van der Waals surface area contributed by atoms with Crippen molar-refractivity contribution >= 4 is 11.1 Å². The van der Waals surface area contributed by atoms with Crippen LogP contribution in [-0.4, -0.2) is 8.76 Å². The first-order valence-electron chi connectivity index (χ1n) is 2.86. The Kier molecular flexibility index (Phi) is 4.70. The first kappa shape index (κ1) is 10.9. The Bertz CT molecular complexity index is 262. The third-order valence-electron chi connectivity index (χ3n) is 1.27. The van der Waals surface area contributed by atoms with E-state index >= 15 is 0 Å². The fourth-order valence-corrected chi connectivity index (χ4v) is 1.26. The second-order valence-electron chi connectivity index (χ2n) is 2.00. The van der Waals surface area contributed by atoms with E-state index in [1.165, 1.54) is 0 Å². The van der Waals surface area contributed by atoms with Gasteiger partial charge < -0.3 is 4.55 Å². The van der Waals surface area contributed by atoms with E-state index in [4.69, 9.17) is 0 Å². The zero-order valence-corrected chi connectivity index (χ0v) is 7.35. The van der Waals surface area contributed by atoms with Gasteiger partial charge in [0.25, 0.3) is 0 Å². The molecular formula is C7H7LiO2S. The molecule has 1 unspecified atom stereocenters. The van der Waals surface area contributed by atoms with Gasteiger partial charge in [-0.2, -0.15) is 0 Å². The van der Waals surface area contributed by atoms with E-state index in [0.29, 0.717) is 4.90 Å². The van der Waals surface area contributed by atoms with Crippen molar-refractivity contribution in [3.8, 4) is 0 Å². The maximum absolute atomic E-state index is 10.4. The minimum Gasteiger partial charge on any atom is -0.768 e. The second kappa shape index (κ2) is 4.73. The van der Waals surface area contributed by atoms with Crippen LogP contribution in [0.2, 0.25) is 0 Å². The average Bonchev–Trinajstić information content (AvgIpc) is 1.88.